The number of aliphatic imine (C=N–C) groups is 1. The maximum Gasteiger partial charge on any atom is 0.379 e. The van der Waals surface area contributed by atoms with Crippen molar-refractivity contribution in [1.82, 2.24) is 4.90 Å². The summed E-state index contributed by atoms with van der Waals surface area (Å²) in [4.78, 5) is 9.89. The van der Waals surface area contributed by atoms with Crippen LogP contribution >= 0.6 is 11.8 Å². The minimum Gasteiger partial charge on any atom is -0.620 e. The van der Waals surface area contributed by atoms with Crippen LogP contribution < -0.4 is 4.90 Å². The molecule has 1 fully saturated rings. The van der Waals surface area contributed by atoms with E-state index < -0.39 is 5.79 Å². The summed E-state index contributed by atoms with van der Waals surface area (Å²) in [5.74, 6) is -0.326. The molecule has 1 unspecified atom stereocenters. The lowest BCUT2D eigenvalue weighted by molar-refractivity contribution is -0.547. The summed E-state index contributed by atoms with van der Waals surface area (Å²) in [6.45, 7) is 4.58. The lowest BCUT2D eigenvalue weighted by atomic mass is 10.1. The molecular formula is C28H30N4OS. The monoisotopic (exact) mass is 470 g/mol. The number of amidine groups is 1. The van der Waals surface area contributed by atoms with E-state index in [2.05, 4.69) is 28.9 Å². The highest BCUT2D eigenvalue weighted by Crippen LogP contribution is 2.41. The first-order valence-corrected chi connectivity index (χ1v) is 13.0. The number of para-hydroxylation sites is 1. The second kappa shape index (κ2) is 9.94. The maximum atomic E-state index is 14.5. The normalized spacial score (nSPS) is 20.9. The van der Waals surface area contributed by atoms with Crippen molar-refractivity contribution in [3.63, 3.8) is 0 Å². The molecule has 174 valence electrons. The molecule has 5 nitrogen and oxygen atoms in total. The standard InChI is InChI=1S/C28H30N4OS/c1-2-34-27(30-20-12-13-21-30)29-28(24-16-8-4-9-17-24)31(25-18-10-5-11-19-25)22-26(32(28)33)23-14-6-3-7-15-23/h3-11,14-19H,2,12-13,20-22H2,1H3/b29-27-. The van der Waals surface area contributed by atoms with E-state index in [1.165, 1.54) is 0 Å². The quantitative estimate of drug-likeness (QED) is 0.213. The molecule has 0 radical (unpaired) electrons. The molecule has 0 bridgehead atoms. The minimum atomic E-state index is -1.23. The smallest absolute Gasteiger partial charge is 0.379 e. The predicted octanol–water partition coefficient (Wildman–Crippen LogP) is 5.52. The second-order valence-corrected chi connectivity index (χ2v) is 9.78. The average Bonchev–Trinajstić information content (AvgIpc) is 3.53. The van der Waals surface area contributed by atoms with Gasteiger partial charge in [-0.15, -0.1) is 0 Å². The van der Waals surface area contributed by atoms with E-state index >= 15 is 0 Å². The Labute approximate surface area is 206 Å². The number of anilines is 1. The number of benzene rings is 3. The van der Waals surface area contributed by atoms with Crippen molar-refractivity contribution >= 4 is 28.3 Å². The van der Waals surface area contributed by atoms with Crippen LogP contribution in [0.5, 0.6) is 0 Å². The van der Waals surface area contributed by atoms with E-state index in [1.807, 2.05) is 78.9 Å². The molecule has 0 aliphatic carbocycles. The molecule has 0 saturated carbocycles. The molecule has 0 aromatic heterocycles. The number of hydrogen-bond acceptors (Lipinski definition) is 4. The summed E-state index contributed by atoms with van der Waals surface area (Å²) in [5, 5.41) is 15.4. The van der Waals surface area contributed by atoms with Gasteiger partial charge in [-0.1, -0.05) is 73.3 Å². The maximum absolute atomic E-state index is 14.5. The van der Waals surface area contributed by atoms with Crippen LogP contribution in [0.3, 0.4) is 0 Å². The lowest BCUT2D eigenvalue weighted by Crippen LogP contribution is -2.48. The zero-order valence-corrected chi connectivity index (χ0v) is 20.3. The van der Waals surface area contributed by atoms with E-state index in [1.54, 1.807) is 11.8 Å². The summed E-state index contributed by atoms with van der Waals surface area (Å²) in [6.07, 6.45) is 2.32. The van der Waals surface area contributed by atoms with Crippen LogP contribution in [0.4, 0.5) is 5.69 Å². The van der Waals surface area contributed by atoms with Crippen LogP contribution in [0.25, 0.3) is 0 Å². The van der Waals surface area contributed by atoms with Crippen molar-refractivity contribution in [2.75, 3.05) is 30.3 Å². The Morgan fingerprint density at radius 2 is 1.50 bits per heavy atom. The van der Waals surface area contributed by atoms with E-state index in [-0.39, 0.29) is 0 Å². The van der Waals surface area contributed by atoms with Crippen molar-refractivity contribution in [2.24, 2.45) is 4.99 Å². The van der Waals surface area contributed by atoms with Gasteiger partial charge in [-0.3, -0.25) is 4.90 Å². The third-order valence-corrected chi connectivity index (χ3v) is 7.35. The number of thioether (sulfide) groups is 1. The van der Waals surface area contributed by atoms with E-state index in [0.29, 0.717) is 6.54 Å². The van der Waals surface area contributed by atoms with Gasteiger partial charge in [0.25, 0.3) is 0 Å². The average molecular weight is 471 g/mol. The fourth-order valence-corrected chi connectivity index (χ4v) is 5.63. The third kappa shape index (κ3) is 4.07. The van der Waals surface area contributed by atoms with Crippen molar-refractivity contribution in [3.05, 3.63) is 107 Å². The highest BCUT2D eigenvalue weighted by atomic mass is 32.2. The third-order valence-electron chi connectivity index (χ3n) is 6.45. The van der Waals surface area contributed by atoms with Crippen molar-refractivity contribution in [1.29, 1.82) is 0 Å². The SMILES string of the molecule is CCS/C(=N\C1(c2ccccc2)N(c2ccccc2)CC(c2ccccc2)=[N+]1[O-])N1CCCC1. The Balaban J connectivity index is 1.78. The van der Waals surface area contributed by atoms with Gasteiger partial charge in [-0.25, -0.2) is 0 Å². The molecule has 2 heterocycles. The Hall–Kier alpha value is -3.25. The largest absolute Gasteiger partial charge is 0.620 e. The lowest BCUT2D eigenvalue weighted by Gasteiger charge is -2.35. The van der Waals surface area contributed by atoms with Gasteiger partial charge in [0.05, 0.1) is 5.56 Å². The molecule has 0 N–H and O–H groups in total. The fraction of sp³-hybridized carbons (Fsp3) is 0.286. The molecule has 3 aromatic carbocycles. The molecule has 1 atom stereocenters. The summed E-state index contributed by atoms with van der Waals surface area (Å²) >= 11 is 1.72. The Morgan fingerprint density at radius 1 is 0.912 bits per heavy atom. The van der Waals surface area contributed by atoms with Crippen LogP contribution in [0.2, 0.25) is 0 Å². The van der Waals surface area contributed by atoms with Crippen LogP contribution in [0, 0.1) is 5.21 Å². The summed E-state index contributed by atoms with van der Waals surface area (Å²) in [6, 6.07) is 30.2. The zero-order chi connectivity index (χ0) is 23.4. The number of likely N-dealkylation sites (tertiary alicyclic amines) is 1. The van der Waals surface area contributed by atoms with Crippen molar-refractivity contribution in [3.8, 4) is 0 Å². The van der Waals surface area contributed by atoms with Crippen LogP contribution in [0.1, 0.15) is 30.9 Å². The number of hydrogen-bond donors (Lipinski definition) is 0. The predicted molar refractivity (Wildman–Crippen MR) is 142 cm³/mol. The minimum absolute atomic E-state index is 0.472. The second-order valence-electron chi connectivity index (χ2n) is 8.55. The van der Waals surface area contributed by atoms with Gasteiger partial charge < -0.3 is 10.1 Å². The Morgan fingerprint density at radius 3 is 2.12 bits per heavy atom. The molecule has 6 heteroatoms. The van der Waals surface area contributed by atoms with Gasteiger partial charge in [-0.05, 0) is 55.0 Å². The zero-order valence-electron chi connectivity index (χ0n) is 19.5. The number of hydroxylamine groups is 1. The van der Waals surface area contributed by atoms with Gasteiger partial charge in [0.1, 0.15) is 6.54 Å². The Bertz CT molecular complexity index is 1160. The Kier molecular flexibility index (Phi) is 6.59. The molecule has 5 rings (SSSR count). The van der Waals surface area contributed by atoms with Gasteiger partial charge in [0, 0.05) is 24.3 Å². The molecule has 0 amide bonds. The topological polar surface area (TPSA) is 44.9 Å². The van der Waals surface area contributed by atoms with Crippen LogP contribution in [-0.4, -0.2) is 45.9 Å². The first-order valence-electron chi connectivity index (χ1n) is 12.0. The molecule has 1 saturated heterocycles. The van der Waals surface area contributed by atoms with Gasteiger partial charge in [0.15, 0.2) is 5.17 Å². The first-order chi connectivity index (χ1) is 16.7. The van der Waals surface area contributed by atoms with E-state index in [9.17, 15) is 5.21 Å². The molecule has 2 aliphatic heterocycles. The van der Waals surface area contributed by atoms with E-state index in [0.717, 1.165) is 64.1 Å². The van der Waals surface area contributed by atoms with Crippen LogP contribution in [-0.2, 0) is 5.79 Å². The van der Waals surface area contributed by atoms with Gasteiger partial charge >= 0.3 is 5.79 Å². The highest BCUT2D eigenvalue weighted by molar-refractivity contribution is 8.13. The summed E-state index contributed by atoms with van der Waals surface area (Å²) < 4.78 is 1.15. The van der Waals surface area contributed by atoms with E-state index in [4.69, 9.17) is 4.99 Å². The molecule has 34 heavy (non-hydrogen) atoms. The van der Waals surface area contributed by atoms with Crippen molar-refractivity contribution < 1.29 is 4.74 Å². The summed E-state index contributed by atoms with van der Waals surface area (Å²) in [5.41, 5.74) is 3.49. The van der Waals surface area contributed by atoms with Crippen LogP contribution in [0.15, 0.2) is 96.0 Å². The van der Waals surface area contributed by atoms with Gasteiger partial charge in [0.2, 0.25) is 5.71 Å². The molecular weight excluding hydrogens is 440 g/mol. The first kappa shape index (κ1) is 22.5. The molecule has 3 aromatic rings. The summed E-state index contributed by atoms with van der Waals surface area (Å²) in [7, 11) is 0. The van der Waals surface area contributed by atoms with Crippen molar-refractivity contribution in [2.45, 2.75) is 25.6 Å². The molecule has 2 aliphatic rings. The fourth-order valence-electron chi connectivity index (χ4n) is 4.81. The number of rotatable bonds is 5. The highest BCUT2D eigenvalue weighted by Gasteiger charge is 2.55. The number of nitrogens with zero attached hydrogens (tertiary/aromatic N) is 4. The molecule has 0 spiro atoms. The van der Waals surface area contributed by atoms with Gasteiger partial charge in [-0.2, -0.15) is 9.73 Å².